The Hall–Kier alpha value is -2.48. The van der Waals surface area contributed by atoms with E-state index in [1.807, 2.05) is 11.4 Å². The first-order valence-corrected chi connectivity index (χ1v) is 6.84. The number of nitrogens with two attached hydrogens (primary N) is 1. The molecular formula is C12H12N6OS. The smallest absolute Gasteiger partial charge is 0.323 e. The molecule has 3 aromatic rings. The van der Waals surface area contributed by atoms with Crippen LogP contribution in [0.5, 0.6) is 6.01 Å². The van der Waals surface area contributed by atoms with Gasteiger partial charge in [0.25, 0.3) is 0 Å². The van der Waals surface area contributed by atoms with Crippen LogP contribution in [0, 0.1) is 0 Å². The minimum absolute atomic E-state index is 0.120. The van der Waals surface area contributed by atoms with Gasteiger partial charge in [-0.25, -0.2) is 4.98 Å². The largest absolute Gasteiger partial charge is 0.463 e. The Morgan fingerprint density at radius 3 is 3.00 bits per heavy atom. The first kappa shape index (κ1) is 12.5. The second-order valence-electron chi connectivity index (χ2n) is 3.92. The van der Waals surface area contributed by atoms with Crippen LogP contribution in [0.3, 0.4) is 0 Å². The maximum Gasteiger partial charge on any atom is 0.323 e. The third kappa shape index (κ3) is 2.91. The quantitative estimate of drug-likeness (QED) is 0.761. The van der Waals surface area contributed by atoms with Crippen molar-refractivity contribution in [2.24, 2.45) is 0 Å². The molecule has 7 nitrogen and oxygen atoms in total. The molecule has 2 N–H and O–H groups in total. The standard InChI is InChI=1S/C12H12N6OS/c13-10-15-11(18-5-4-14-8-18)17-12(16-10)19-6-3-9-2-1-7-20-9/h1-2,4-5,7-8H,3,6H2,(H2,13,15,16,17). The van der Waals surface area contributed by atoms with Gasteiger partial charge in [-0.1, -0.05) is 6.07 Å². The Morgan fingerprint density at radius 2 is 2.25 bits per heavy atom. The molecule has 0 aliphatic carbocycles. The summed E-state index contributed by atoms with van der Waals surface area (Å²) in [5.74, 6) is 0.510. The van der Waals surface area contributed by atoms with Crippen molar-refractivity contribution in [2.75, 3.05) is 12.3 Å². The lowest BCUT2D eigenvalue weighted by Gasteiger charge is -2.06. The van der Waals surface area contributed by atoms with Crippen molar-refractivity contribution in [3.8, 4) is 12.0 Å². The maximum atomic E-state index is 5.66. The number of nitrogens with zero attached hydrogens (tertiary/aromatic N) is 5. The average molecular weight is 288 g/mol. The topological polar surface area (TPSA) is 91.7 Å². The fraction of sp³-hybridized carbons (Fsp3) is 0.167. The van der Waals surface area contributed by atoms with Crippen molar-refractivity contribution < 1.29 is 4.74 Å². The van der Waals surface area contributed by atoms with Crippen LogP contribution in [-0.4, -0.2) is 31.1 Å². The first-order valence-electron chi connectivity index (χ1n) is 5.96. The Labute approximate surface area is 119 Å². The van der Waals surface area contributed by atoms with Crippen LogP contribution in [0.4, 0.5) is 5.95 Å². The SMILES string of the molecule is Nc1nc(OCCc2cccs2)nc(-n2ccnc2)n1. The summed E-state index contributed by atoms with van der Waals surface area (Å²) >= 11 is 1.69. The summed E-state index contributed by atoms with van der Waals surface area (Å²) in [7, 11) is 0. The van der Waals surface area contributed by atoms with Crippen LogP contribution >= 0.6 is 11.3 Å². The number of imidazole rings is 1. The Balaban J connectivity index is 1.70. The molecule has 0 aliphatic rings. The summed E-state index contributed by atoms with van der Waals surface area (Å²) in [4.78, 5) is 17.4. The number of thiophene rings is 1. The van der Waals surface area contributed by atoms with Crippen molar-refractivity contribution in [3.05, 3.63) is 41.1 Å². The molecule has 3 rings (SSSR count). The number of hydrogen-bond acceptors (Lipinski definition) is 7. The molecular weight excluding hydrogens is 276 g/mol. The van der Waals surface area contributed by atoms with E-state index < -0.39 is 0 Å². The monoisotopic (exact) mass is 288 g/mol. The summed E-state index contributed by atoms with van der Waals surface area (Å²) < 4.78 is 7.17. The van der Waals surface area contributed by atoms with Gasteiger partial charge in [0, 0.05) is 23.7 Å². The number of nitrogen functional groups attached to an aromatic ring is 1. The minimum Gasteiger partial charge on any atom is -0.463 e. The highest BCUT2D eigenvalue weighted by atomic mass is 32.1. The zero-order chi connectivity index (χ0) is 13.8. The van der Waals surface area contributed by atoms with Gasteiger partial charge in [-0.2, -0.15) is 15.0 Å². The molecule has 8 heteroatoms. The zero-order valence-electron chi connectivity index (χ0n) is 10.5. The molecule has 0 saturated carbocycles. The molecule has 0 amide bonds. The highest BCUT2D eigenvalue weighted by Crippen LogP contribution is 2.12. The fourth-order valence-corrected chi connectivity index (χ4v) is 2.31. The van der Waals surface area contributed by atoms with Gasteiger partial charge in [0.15, 0.2) is 0 Å². The number of rotatable bonds is 5. The number of ether oxygens (including phenoxy) is 1. The molecule has 3 heterocycles. The van der Waals surface area contributed by atoms with Crippen molar-refractivity contribution in [3.63, 3.8) is 0 Å². The van der Waals surface area contributed by atoms with Gasteiger partial charge >= 0.3 is 6.01 Å². The Bertz CT molecular complexity index is 667. The van der Waals surface area contributed by atoms with Crippen LogP contribution in [-0.2, 0) is 6.42 Å². The molecule has 0 spiro atoms. The number of hydrogen-bond donors (Lipinski definition) is 1. The molecule has 0 fully saturated rings. The van der Waals surface area contributed by atoms with Gasteiger partial charge < -0.3 is 10.5 Å². The van der Waals surface area contributed by atoms with Gasteiger partial charge in [-0.3, -0.25) is 4.57 Å². The van der Waals surface area contributed by atoms with Crippen LogP contribution in [0.2, 0.25) is 0 Å². The average Bonchev–Trinajstić information content (AvgIpc) is 3.11. The van der Waals surface area contributed by atoms with E-state index in [1.165, 1.54) is 4.88 Å². The highest BCUT2D eigenvalue weighted by molar-refractivity contribution is 7.09. The third-order valence-electron chi connectivity index (χ3n) is 2.52. The molecule has 0 saturated heterocycles. The predicted octanol–water partition coefficient (Wildman–Crippen LogP) is 1.32. The first-order chi connectivity index (χ1) is 9.81. The summed E-state index contributed by atoms with van der Waals surface area (Å²) in [5, 5.41) is 2.04. The summed E-state index contributed by atoms with van der Waals surface area (Å²) in [5.41, 5.74) is 5.66. The summed E-state index contributed by atoms with van der Waals surface area (Å²) in [6.45, 7) is 0.493. The van der Waals surface area contributed by atoms with E-state index in [1.54, 1.807) is 34.6 Å². The zero-order valence-corrected chi connectivity index (χ0v) is 11.3. The van der Waals surface area contributed by atoms with E-state index in [4.69, 9.17) is 10.5 Å². The Morgan fingerprint density at radius 1 is 1.30 bits per heavy atom. The molecule has 0 radical (unpaired) electrons. The molecule has 20 heavy (non-hydrogen) atoms. The molecule has 0 aliphatic heterocycles. The van der Waals surface area contributed by atoms with Gasteiger partial charge in [-0.05, 0) is 11.4 Å². The van der Waals surface area contributed by atoms with Gasteiger partial charge in [0.2, 0.25) is 11.9 Å². The normalized spacial score (nSPS) is 10.6. The molecule has 102 valence electrons. The number of anilines is 1. The lowest BCUT2D eigenvalue weighted by Crippen LogP contribution is -2.09. The highest BCUT2D eigenvalue weighted by Gasteiger charge is 2.07. The van der Waals surface area contributed by atoms with E-state index in [0.717, 1.165) is 6.42 Å². The molecule has 3 aromatic heterocycles. The van der Waals surface area contributed by atoms with Gasteiger partial charge in [-0.15, -0.1) is 11.3 Å². The summed E-state index contributed by atoms with van der Waals surface area (Å²) in [6.07, 6.45) is 5.76. The third-order valence-corrected chi connectivity index (χ3v) is 3.45. The van der Waals surface area contributed by atoms with Crippen molar-refractivity contribution in [2.45, 2.75) is 6.42 Å². The maximum absolute atomic E-state index is 5.66. The van der Waals surface area contributed by atoms with E-state index in [0.29, 0.717) is 12.6 Å². The minimum atomic E-state index is 0.120. The van der Waals surface area contributed by atoms with Crippen LogP contribution in [0.1, 0.15) is 4.88 Å². The van der Waals surface area contributed by atoms with E-state index in [9.17, 15) is 0 Å². The number of aromatic nitrogens is 5. The van der Waals surface area contributed by atoms with Crippen LogP contribution in [0.25, 0.3) is 5.95 Å². The van der Waals surface area contributed by atoms with Crippen molar-refractivity contribution in [1.82, 2.24) is 24.5 Å². The molecule has 0 atom stereocenters. The van der Waals surface area contributed by atoms with E-state index >= 15 is 0 Å². The van der Waals surface area contributed by atoms with Gasteiger partial charge in [0.05, 0.1) is 6.61 Å². The molecule has 0 aromatic carbocycles. The molecule has 0 bridgehead atoms. The van der Waals surface area contributed by atoms with Crippen LogP contribution < -0.4 is 10.5 Å². The Kier molecular flexibility index (Phi) is 3.55. The second-order valence-corrected chi connectivity index (χ2v) is 4.96. The summed E-state index contributed by atoms with van der Waals surface area (Å²) in [6, 6.07) is 4.29. The fourth-order valence-electron chi connectivity index (χ4n) is 1.62. The lowest BCUT2D eigenvalue weighted by molar-refractivity contribution is 0.296. The molecule has 0 unspecified atom stereocenters. The van der Waals surface area contributed by atoms with Crippen LogP contribution in [0.15, 0.2) is 36.2 Å². The van der Waals surface area contributed by atoms with Crippen molar-refractivity contribution in [1.29, 1.82) is 0 Å². The van der Waals surface area contributed by atoms with E-state index in [2.05, 4.69) is 26.0 Å². The second kappa shape index (κ2) is 5.66. The lowest BCUT2D eigenvalue weighted by atomic mass is 10.4. The predicted molar refractivity (Wildman–Crippen MR) is 74.9 cm³/mol. The van der Waals surface area contributed by atoms with E-state index in [-0.39, 0.29) is 12.0 Å². The van der Waals surface area contributed by atoms with Gasteiger partial charge in [0.1, 0.15) is 6.33 Å². The van der Waals surface area contributed by atoms with Crippen molar-refractivity contribution >= 4 is 17.3 Å².